The average Bonchev–Trinajstić information content (AvgIpc) is 2.66. The van der Waals surface area contributed by atoms with Crippen molar-refractivity contribution in [2.45, 2.75) is 6.92 Å². The second kappa shape index (κ2) is 4.96. The van der Waals surface area contributed by atoms with Gasteiger partial charge in [0.2, 0.25) is 0 Å². The molecule has 6 heteroatoms. The van der Waals surface area contributed by atoms with Gasteiger partial charge in [0.1, 0.15) is 11.8 Å². The summed E-state index contributed by atoms with van der Waals surface area (Å²) >= 11 is 11.9. The van der Waals surface area contributed by atoms with Crippen molar-refractivity contribution < 1.29 is 4.79 Å². The van der Waals surface area contributed by atoms with Crippen LogP contribution in [0.15, 0.2) is 24.4 Å². The maximum atomic E-state index is 11.7. The van der Waals surface area contributed by atoms with Gasteiger partial charge in [0.25, 0.3) is 0 Å². The monoisotopic (exact) mass is 293 g/mol. The standard InChI is InChI=1S/C13H9Cl2N3O/c1-7(19)13-12(17)8(5-16)6-18(13)11-3-2-9(14)4-10(11)15/h2-4,6H,17H2,1H3. The fourth-order valence-corrected chi connectivity index (χ4v) is 2.34. The van der Waals surface area contributed by atoms with E-state index in [1.165, 1.54) is 17.7 Å². The first-order valence-corrected chi connectivity index (χ1v) is 6.08. The van der Waals surface area contributed by atoms with Crippen LogP contribution in [-0.2, 0) is 0 Å². The maximum absolute atomic E-state index is 11.7. The molecular formula is C13H9Cl2N3O. The molecule has 0 radical (unpaired) electrons. The van der Waals surface area contributed by atoms with Gasteiger partial charge in [-0.2, -0.15) is 5.26 Å². The van der Waals surface area contributed by atoms with Crippen LogP contribution in [0, 0.1) is 11.3 Å². The molecule has 0 saturated heterocycles. The summed E-state index contributed by atoms with van der Waals surface area (Å²) in [6, 6.07) is 6.82. The molecule has 1 heterocycles. The van der Waals surface area contributed by atoms with Gasteiger partial charge in [-0.3, -0.25) is 4.79 Å². The third-order valence-corrected chi connectivity index (χ3v) is 3.21. The van der Waals surface area contributed by atoms with Crippen LogP contribution in [0.1, 0.15) is 23.0 Å². The molecule has 0 saturated carbocycles. The molecule has 0 amide bonds. The van der Waals surface area contributed by atoms with Crippen molar-refractivity contribution in [1.29, 1.82) is 5.26 Å². The summed E-state index contributed by atoms with van der Waals surface area (Å²) in [5, 5.41) is 9.84. The highest BCUT2D eigenvalue weighted by Crippen LogP contribution is 2.30. The number of hydrogen-bond acceptors (Lipinski definition) is 3. The average molecular weight is 294 g/mol. The van der Waals surface area contributed by atoms with Crippen LogP contribution in [0.25, 0.3) is 5.69 Å². The summed E-state index contributed by atoms with van der Waals surface area (Å²) in [7, 11) is 0. The van der Waals surface area contributed by atoms with E-state index >= 15 is 0 Å². The lowest BCUT2D eigenvalue weighted by atomic mass is 10.2. The number of rotatable bonds is 2. The summed E-state index contributed by atoms with van der Waals surface area (Å²) in [6.45, 7) is 1.38. The van der Waals surface area contributed by atoms with Crippen molar-refractivity contribution >= 4 is 34.7 Å². The molecule has 0 bridgehead atoms. The third-order valence-electron chi connectivity index (χ3n) is 2.67. The van der Waals surface area contributed by atoms with Gasteiger partial charge in [-0.15, -0.1) is 0 Å². The molecule has 96 valence electrons. The minimum absolute atomic E-state index is 0.154. The highest BCUT2D eigenvalue weighted by atomic mass is 35.5. The Morgan fingerprint density at radius 2 is 2.11 bits per heavy atom. The van der Waals surface area contributed by atoms with Gasteiger partial charge >= 0.3 is 0 Å². The van der Waals surface area contributed by atoms with Crippen molar-refractivity contribution in [2.24, 2.45) is 0 Å². The maximum Gasteiger partial charge on any atom is 0.178 e. The molecule has 0 aliphatic heterocycles. The largest absolute Gasteiger partial charge is 0.396 e. The summed E-state index contributed by atoms with van der Waals surface area (Å²) < 4.78 is 1.51. The number of Topliss-reactive ketones (excluding diaryl/α,β-unsaturated/α-hetero) is 1. The van der Waals surface area contributed by atoms with Crippen LogP contribution in [0.5, 0.6) is 0 Å². The first-order valence-electron chi connectivity index (χ1n) is 5.33. The molecule has 2 N–H and O–H groups in total. The van der Waals surface area contributed by atoms with Crippen LogP contribution in [0.3, 0.4) is 0 Å². The number of halogens is 2. The van der Waals surface area contributed by atoms with Gasteiger partial charge < -0.3 is 10.3 Å². The molecule has 1 aromatic heterocycles. The Labute approximate surface area is 120 Å². The van der Waals surface area contributed by atoms with E-state index in [1.807, 2.05) is 6.07 Å². The van der Waals surface area contributed by atoms with Crippen LogP contribution in [0.4, 0.5) is 5.69 Å². The Morgan fingerprint density at radius 3 is 2.63 bits per heavy atom. The molecule has 2 aromatic rings. The number of nitrogens with two attached hydrogens (primary N) is 1. The van der Waals surface area contributed by atoms with Gasteiger partial charge in [-0.05, 0) is 18.2 Å². The second-order valence-electron chi connectivity index (χ2n) is 3.94. The van der Waals surface area contributed by atoms with Crippen molar-refractivity contribution in [3.05, 3.63) is 45.7 Å². The van der Waals surface area contributed by atoms with Gasteiger partial charge in [-0.1, -0.05) is 23.2 Å². The molecule has 0 spiro atoms. The van der Waals surface area contributed by atoms with Crippen molar-refractivity contribution in [1.82, 2.24) is 4.57 Å². The molecule has 0 fully saturated rings. The highest BCUT2D eigenvalue weighted by molar-refractivity contribution is 6.35. The van der Waals surface area contributed by atoms with Gasteiger partial charge in [0, 0.05) is 18.1 Å². The zero-order valence-electron chi connectivity index (χ0n) is 9.95. The lowest BCUT2D eigenvalue weighted by molar-refractivity contribution is 0.101. The molecule has 1 aromatic carbocycles. The van der Waals surface area contributed by atoms with Gasteiger partial charge in [0.05, 0.1) is 22.0 Å². The minimum Gasteiger partial charge on any atom is -0.396 e. The fourth-order valence-electron chi connectivity index (χ4n) is 1.84. The Morgan fingerprint density at radius 1 is 1.42 bits per heavy atom. The van der Waals surface area contributed by atoms with Crippen LogP contribution in [-0.4, -0.2) is 10.4 Å². The quantitative estimate of drug-likeness (QED) is 0.862. The Hall–Kier alpha value is -1.96. The van der Waals surface area contributed by atoms with Crippen molar-refractivity contribution in [3.8, 4) is 11.8 Å². The fraction of sp³-hybridized carbons (Fsp3) is 0.0769. The second-order valence-corrected chi connectivity index (χ2v) is 4.78. The third kappa shape index (κ3) is 2.30. The molecule has 0 unspecified atom stereocenters. The first kappa shape index (κ1) is 13.5. The number of aromatic nitrogens is 1. The minimum atomic E-state index is -0.245. The van der Waals surface area contributed by atoms with E-state index < -0.39 is 0 Å². The predicted octanol–water partition coefficient (Wildman–Crippen LogP) is 3.44. The lowest BCUT2D eigenvalue weighted by Crippen LogP contribution is -2.06. The molecule has 4 nitrogen and oxygen atoms in total. The number of carbonyl (C=O) groups excluding carboxylic acids is 1. The normalized spacial score (nSPS) is 10.2. The predicted molar refractivity (Wildman–Crippen MR) is 74.9 cm³/mol. The first-order chi connectivity index (χ1) is 8.95. The van der Waals surface area contributed by atoms with E-state index in [0.29, 0.717) is 15.7 Å². The molecule has 0 aliphatic carbocycles. The molecular weight excluding hydrogens is 285 g/mol. The number of anilines is 1. The summed E-state index contributed by atoms with van der Waals surface area (Å²) in [5.74, 6) is -0.245. The smallest absolute Gasteiger partial charge is 0.178 e. The van der Waals surface area contributed by atoms with Crippen LogP contribution < -0.4 is 5.73 Å². The van der Waals surface area contributed by atoms with E-state index in [-0.39, 0.29) is 22.7 Å². The van der Waals surface area contributed by atoms with Crippen LogP contribution in [0.2, 0.25) is 10.0 Å². The number of benzene rings is 1. The number of carbonyl (C=O) groups is 1. The zero-order chi connectivity index (χ0) is 14.2. The SMILES string of the molecule is CC(=O)c1c(N)c(C#N)cn1-c1ccc(Cl)cc1Cl. The molecule has 19 heavy (non-hydrogen) atoms. The summed E-state index contributed by atoms with van der Waals surface area (Å²) in [4.78, 5) is 11.7. The topological polar surface area (TPSA) is 71.8 Å². The lowest BCUT2D eigenvalue weighted by Gasteiger charge is -2.09. The number of nitrogen functional groups attached to an aromatic ring is 1. The number of nitrogens with zero attached hydrogens (tertiary/aromatic N) is 2. The van der Waals surface area contributed by atoms with Crippen LogP contribution >= 0.6 is 23.2 Å². The van der Waals surface area contributed by atoms with Crippen molar-refractivity contribution in [3.63, 3.8) is 0 Å². The number of hydrogen-bond donors (Lipinski definition) is 1. The summed E-state index contributed by atoms with van der Waals surface area (Å²) in [5.41, 5.74) is 6.97. The zero-order valence-corrected chi connectivity index (χ0v) is 11.5. The van der Waals surface area contributed by atoms with Gasteiger partial charge in [0.15, 0.2) is 5.78 Å². The molecule has 0 atom stereocenters. The Bertz CT molecular complexity index is 713. The number of ketones is 1. The van der Waals surface area contributed by atoms with E-state index in [2.05, 4.69) is 0 Å². The van der Waals surface area contributed by atoms with E-state index in [4.69, 9.17) is 34.2 Å². The van der Waals surface area contributed by atoms with E-state index in [0.717, 1.165) is 0 Å². The Balaban J connectivity index is 2.75. The van der Waals surface area contributed by atoms with Crippen molar-refractivity contribution in [2.75, 3.05) is 5.73 Å². The highest BCUT2D eigenvalue weighted by Gasteiger charge is 2.19. The molecule has 2 rings (SSSR count). The van der Waals surface area contributed by atoms with Gasteiger partial charge in [-0.25, -0.2) is 0 Å². The number of nitriles is 1. The van der Waals surface area contributed by atoms with E-state index in [9.17, 15) is 4.79 Å². The Kier molecular flexibility index (Phi) is 3.52. The molecule has 0 aliphatic rings. The van der Waals surface area contributed by atoms with E-state index in [1.54, 1.807) is 18.2 Å². The summed E-state index contributed by atoms with van der Waals surface area (Å²) in [6.07, 6.45) is 1.49.